The van der Waals surface area contributed by atoms with E-state index in [0.717, 1.165) is 0 Å². The number of hydrogen-bond donors (Lipinski definition) is 2. The van der Waals surface area contributed by atoms with Gasteiger partial charge in [0.1, 0.15) is 5.75 Å². The van der Waals surface area contributed by atoms with E-state index in [0.29, 0.717) is 22.4 Å². The average Bonchev–Trinajstić information content (AvgIpc) is 2.77. The molecule has 4 nitrogen and oxygen atoms in total. The molecule has 94 valence electrons. The van der Waals surface area contributed by atoms with Crippen molar-refractivity contribution in [2.45, 2.75) is 11.4 Å². The van der Waals surface area contributed by atoms with Crippen LogP contribution >= 0.6 is 0 Å². The van der Waals surface area contributed by atoms with Gasteiger partial charge in [0.15, 0.2) is 0 Å². The van der Waals surface area contributed by atoms with Crippen molar-refractivity contribution in [3.8, 4) is 5.75 Å². The molecular formula is C15H10O4. The summed E-state index contributed by atoms with van der Waals surface area (Å²) < 4.78 is 5.50. The SMILES string of the molecule is O=C1c2ccccc2[C@@]2(O)Oc3ccccc3[C@@]12O. The fourth-order valence-electron chi connectivity index (χ4n) is 2.97. The number of fused-ring (bicyclic) bond motifs is 5. The summed E-state index contributed by atoms with van der Waals surface area (Å²) in [4.78, 5) is 12.5. The predicted molar refractivity (Wildman–Crippen MR) is 65.6 cm³/mol. The van der Waals surface area contributed by atoms with Gasteiger partial charge in [-0.1, -0.05) is 42.5 Å². The van der Waals surface area contributed by atoms with Crippen LogP contribution in [0.3, 0.4) is 0 Å². The van der Waals surface area contributed by atoms with Gasteiger partial charge in [-0.25, -0.2) is 0 Å². The Morgan fingerprint density at radius 3 is 2.32 bits per heavy atom. The van der Waals surface area contributed by atoms with Crippen molar-refractivity contribution in [1.29, 1.82) is 0 Å². The van der Waals surface area contributed by atoms with Crippen LogP contribution in [0.5, 0.6) is 5.75 Å². The summed E-state index contributed by atoms with van der Waals surface area (Å²) in [6.45, 7) is 0. The van der Waals surface area contributed by atoms with E-state index in [9.17, 15) is 15.0 Å². The van der Waals surface area contributed by atoms with Crippen LogP contribution in [0.1, 0.15) is 21.5 Å². The molecule has 0 amide bonds. The number of hydrogen-bond acceptors (Lipinski definition) is 4. The molecule has 0 bridgehead atoms. The van der Waals surface area contributed by atoms with E-state index >= 15 is 0 Å². The quantitative estimate of drug-likeness (QED) is 0.743. The van der Waals surface area contributed by atoms with Crippen LogP contribution in [-0.2, 0) is 11.4 Å². The first-order chi connectivity index (χ1) is 9.09. The van der Waals surface area contributed by atoms with Crippen LogP contribution < -0.4 is 4.74 Å². The van der Waals surface area contributed by atoms with Crippen molar-refractivity contribution >= 4 is 5.78 Å². The van der Waals surface area contributed by atoms with Crippen LogP contribution in [0.25, 0.3) is 0 Å². The van der Waals surface area contributed by atoms with Gasteiger partial charge in [0.2, 0.25) is 11.4 Å². The molecule has 2 N–H and O–H groups in total. The fourth-order valence-corrected chi connectivity index (χ4v) is 2.97. The molecule has 0 radical (unpaired) electrons. The highest BCUT2D eigenvalue weighted by atomic mass is 16.7. The maximum absolute atomic E-state index is 12.5. The molecule has 0 unspecified atom stereocenters. The average molecular weight is 254 g/mol. The van der Waals surface area contributed by atoms with Crippen LogP contribution in [-0.4, -0.2) is 16.0 Å². The van der Waals surface area contributed by atoms with E-state index in [1.165, 1.54) is 0 Å². The number of ether oxygens (including phenoxy) is 1. The number of carbonyl (C=O) groups is 1. The number of carbonyl (C=O) groups excluding carboxylic acids is 1. The number of para-hydroxylation sites is 1. The molecule has 0 fully saturated rings. The van der Waals surface area contributed by atoms with E-state index in [4.69, 9.17) is 4.74 Å². The standard InChI is InChI=1S/C15H10O4/c16-13-9-5-1-2-6-10(9)15(18)14(13,17)11-7-3-4-8-12(11)19-15/h1-8,17-18H/t14-,15-/m1/s1. The minimum Gasteiger partial charge on any atom is -0.454 e. The van der Waals surface area contributed by atoms with Gasteiger partial charge in [0.05, 0.1) is 0 Å². The van der Waals surface area contributed by atoms with E-state index in [-0.39, 0.29) is 0 Å². The molecule has 0 spiro atoms. The van der Waals surface area contributed by atoms with Crippen LogP contribution in [0, 0.1) is 0 Å². The second-order valence-corrected chi connectivity index (χ2v) is 4.83. The lowest BCUT2D eigenvalue weighted by molar-refractivity contribution is -0.224. The predicted octanol–water partition coefficient (Wildman–Crippen LogP) is 1.31. The number of benzene rings is 2. The summed E-state index contributed by atoms with van der Waals surface area (Å²) >= 11 is 0. The Balaban J connectivity index is 2.08. The molecule has 0 saturated heterocycles. The Bertz CT molecular complexity index is 724. The summed E-state index contributed by atoms with van der Waals surface area (Å²) in [5.41, 5.74) is -1.16. The zero-order valence-corrected chi connectivity index (χ0v) is 9.83. The lowest BCUT2D eigenvalue weighted by Gasteiger charge is -2.28. The van der Waals surface area contributed by atoms with Crippen molar-refractivity contribution < 1.29 is 19.7 Å². The first-order valence-corrected chi connectivity index (χ1v) is 5.96. The Hall–Kier alpha value is -2.17. The first-order valence-electron chi connectivity index (χ1n) is 5.96. The lowest BCUT2D eigenvalue weighted by Crippen LogP contribution is -2.48. The molecule has 1 heterocycles. The largest absolute Gasteiger partial charge is 0.454 e. The highest BCUT2D eigenvalue weighted by Gasteiger charge is 2.70. The van der Waals surface area contributed by atoms with Gasteiger partial charge < -0.3 is 14.9 Å². The molecule has 2 aliphatic rings. The van der Waals surface area contributed by atoms with Crippen LogP contribution in [0.4, 0.5) is 0 Å². The summed E-state index contributed by atoms with van der Waals surface area (Å²) in [5, 5.41) is 21.5. The fraction of sp³-hybridized carbons (Fsp3) is 0.133. The van der Waals surface area contributed by atoms with Crippen LogP contribution in [0.2, 0.25) is 0 Å². The highest BCUT2D eigenvalue weighted by Crippen LogP contribution is 2.57. The normalized spacial score (nSPS) is 30.5. The summed E-state index contributed by atoms with van der Waals surface area (Å²) in [7, 11) is 0. The number of Topliss-reactive ketones (excluding diaryl/α,β-unsaturated/α-hetero) is 1. The Morgan fingerprint density at radius 1 is 0.895 bits per heavy atom. The van der Waals surface area contributed by atoms with Crippen molar-refractivity contribution in [1.82, 2.24) is 0 Å². The van der Waals surface area contributed by atoms with E-state index in [1.54, 1.807) is 48.5 Å². The summed E-state index contributed by atoms with van der Waals surface area (Å²) in [5.74, 6) is -2.24. The molecule has 0 aromatic heterocycles. The zero-order valence-electron chi connectivity index (χ0n) is 9.83. The van der Waals surface area contributed by atoms with Crippen LogP contribution in [0.15, 0.2) is 48.5 Å². The second-order valence-electron chi connectivity index (χ2n) is 4.83. The van der Waals surface area contributed by atoms with Gasteiger partial charge in [0.25, 0.3) is 5.79 Å². The van der Waals surface area contributed by atoms with Crippen molar-refractivity contribution in [3.05, 3.63) is 65.2 Å². The van der Waals surface area contributed by atoms with E-state index < -0.39 is 17.2 Å². The third-order valence-corrected chi connectivity index (χ3v) is 3.89. The summed E-state index contributed by atoms with van der Waals surface area (Å²) in [6, 6.07) is 13.2. The van der Waals surface area contributed by atoms with Gasteiger partial charge in [-0.05, 0) is 6.07 Å². The molecule has 2 aromatic rings. The molecule has 19 heavy (non-hydrogen) atoms. The zero-order chi connectivity index (χ0) is 13.3. The third-order valence-electron chi connectivity index (χ3n) is 3.89. The van der Waals surface area contributed by atoms with Gasteiger partial charge in [-0.2, -0.15) is 0 Å². The van der Waals surface area contributed by atoms with Crippen molar-refractivity contribution in [2.24, 2.45) is 0 Å². The molecule has 2 atom stereocenters. The van der Waals surface area contributed by atoms with Gasteiger partial charge in [-0.15, -0.1) is 0 Å². The molecule has 1 aliphatic carbocycles. The molecular weight excluding hydrogens is 244 g/mol. The maximum atomic E-state index is 12.5. The second kappa shape index (κ2) is 3.04. The topological polar surface area (TPSA) is 66.8 Å². The maximum Gasteiger partial charge on any atom is 0.276 e. The number of ketones is 1. The minimum absolute atomic E-state index is 0.294. The van der Waals surface area contributed by atoms with E-state index in [2.05, 4.69) is 0 Å². The minimum atomic E-state index is -2.06. The molecule has 1 aliphatic heterocycles. The summed E-state index contributed by atoms with van der Waals surface area (Å²) in [6.07, 6.45) is 0. The van der Waals surface area contributed by atoms with Crippen molar-refractivity contribution in [2.75, 3.05) is 0 Å². The third kappa shape index (κ3) is 0.971. The Morgan fingerprint density at radius 2 is 1.53 bits per heavy atom. The molecule has 0 saturated carbocycles. The first kappa shape index (κ1) is 10.7. The van der Waals surface area contributed by atoms with Gasteiger partial charge in [-0.3, -0.25) is 4.79 Å². The monoisotopic (exact) mass is 254 g/mol. The number of aliphatic hydroxyl groups is 2. The Labute approximate surface area is 108 Å². The highest BCUT2D eigenvalue weighted by molar-refractivity contribution is 6.09. The molecule has 2 aromatic carbocycles. The smallest absolute Gasteiger partial charge is 0.276 e. The van der Waals surface area contributed by atoms with Crippen molar-refractivity contribution in [3.63, 3.8) is 0 Å². The molecule has 4 rings (SSSR count). The number of rotatable bonds is 0. The van der Waals surface area contributed by atoms with Gasteiger partial charge in [0, 0.05) is 16.7 Å². The van der Waals surface area contributed by atoms with E-state index in [1.807, 2.05) is 0 Å². The molecule has 4 heteroatoms. The Kier molecular flexibility index (Phi) is 1.72. The van der Waals surface area contributed by atoms with Gasteiger partial charge >= 0.3 is 0 Å². The lowest BCUT2D eigenvalue weighted by atomic mass is 9.87.